The Morgan fingerprint density at radius 1 is 1.18 bits per heavy atom. The Morgan fingerprint density at radius 3 is 2.45 bits per heavy atom. The molecule has 1 N–H and O–H groups in total. The van der Waals surface area contributed by atoms with Gasteiger partial charge in [0.1, 0.15) is 17.3 Å². The Balaban J connectivity index is 2.00. The third kappa shape index (κ3) is 4.05. The van der Waals surface area contributed by atoms with Crippen molar-refractivity contribution in [2.45, 2.75) is 31.7 Å². The van der Waals surface area contributed by atoms with E-state index in [0.29, 0.717) is 0 Å². The number of hydrogen-bond donors (Lipinski definition) is 1. The van der Waals surface area contributed by atoms with Crippen LogP contribution in [-0.2, 0) is 10.0 Å². The molecule has 118 valence electrons. The summed E-state index contributed by atoms with van der Waals surface area (Å²) in [4.78, 5) is 3.97. The van der Waals surface area contributed by atoms with Gasteiger partial charge in [-0.25, -0.2) is 13.1 Å². The lowest BCUT2D eigenvalue weighted by Gasteiger charge is -2.17. The van der Waals surface area contributed by atoms with Crippen molar-refractivity contribution in [2.75, 3.05) is 6.61 Å². The van der Waals surface area contributed by atoms with Crippen LogP contribution in [0.25, 0.3) is 0 Å². The molecule has 0 fully saturated rings. The number of nitrogens with zero attached hydrogens (tertiary/aromatic N) is 1. The van der Waals surface area contributed by atoms with Crippen LogP contribution in [0.5, 0.6) is 5.75 Å². The molecular formula is C16H20N2O3S. The molecule has 22 heavy (non-hydrogen) atoms. The van der Waals surface area contributed by atoms with E-state index >= 15 is 0 Å². The lowest BCUT2D eigenvalue weighted by molar-refractivity contribution is 0.284. The summed E-state index contributed by atoms with van der Waals surface area (Å²) < 4.78 is 32.7. The Morgan fingerprint density at radius 2 is 1.86 bits per heavy atom. The maximum absolute atomic E-state index is 12.2. The van der Waals surface area contributed by atoms with Crippen molar-refractivity contribution in [1.82, 2.24) is 9.71 Å². The molecule has 0 saturated carbocycles. The molecule has 0 aliphatic heterocycles. The highest BCUT2D eigenvalue weighted by Crippen LogP contribution is 2.22. The number of nitrogens with one attached hydrogen (secondary N) is 1. The average Bonchev–Trinajstić information content (AvgIpc) is 2.47. The molecule has 0 saturated heterocycles. The monoisotopic (exact) mass is 320 g/mol. The van der Waals surface area contributed by atoms with Crippen molar-refractivity contribution in [2.24, 2.45) is 0 Å². The minimum atomic E-state index is -3.58. The molecule has 2 rings (SSSR count). The number of ether oxygens (including phenoxy) is 1. The van der Waals surface area contributed by atoms with Gasteiger partial charge in [-0.05, 0) is 44.0 Å². The Kier molecular flexibility index (Phi) is 5.15. The average molecular weight is 320 g/mol. The van der Waals surface area contributed by atoms with E-state index in [9.17, 15) is 8.42 Å². The van der Waals surface area contributed by atoms with E-state index in [2.05, 4.69) is 9.71 Å². The Hall–Kier alpha value is -1.92. The summed E-state index contributed by atoms with van der Waals surface area (Å²) in [5.41, 5.74) is 2.06. The van der Waals surface area contributed by atoms with E-state index in [0.717, 1.165) is 16.9 Å². The number of pyridine rings is 1. The molecule has 6 heteroatoms. The molecule has 0 radical (unpaired) electrons. The largest absolute Gasteiger partial charge is 0.491 e. The molecule has 0 bridgehead atoms. The van der Waals surface area contributed by atoms with Gasteiger partial charge in [0.25, 0.3) is 0 Å². The molecule has 1 unspecified atom stereocenters. The highest BCUT2D eigenvalue weighted by molar-refractivity contribution is 7.89. The summed E-state index contributed by atoms with van der Waals surface area (Å²) >= 11 is 0. The molecule has 0 aliphatic carbocycles. The van der Waals surface area contributed by atoms with Gasteiger partial charge < -0.3 is 4.74 Å². The molecule has 5 nitrogen and oxygen atoms in total. The van der Waals surface area contributed by atoms with Crippen LogP contribution in [0.3, 0.4) is 0 Å². The van der Waals surface area contributed by atoms with Crippen LogP contribution >= 0.6 is 0 Å². The van der Waals surface area contributed by atoms with Gasteiger partial charge in [0, 0.05) is 12.4 Å². The smallest absolute Gasteiger partial charge is 0.242 e. The summed E-state index contributed by atoms with van der Waals surface area (Å²) in [6, 6.07) is 8.64. The second kappa shape index (κ2) is 6.89. The maximum Gasteiger partial charge on any atom is 0.242 e. The fraction of sp³-hybridized carbons (Fsp3) is 0.312. The second-order valence-electron chi connectivity index (χ2n) is 5.24. The summed E-state index contributed by atoms with van der Waals surface area (Å²) in [6.07, 6.45) is 2.86. The van der Waals surface area contributed by atoms with Gasteiger partial charge in [-0.3, -0.25) is 4.98 Å². The molecule has 1 aromatic heterocycles. The topological polar surface area (TPSA) is 68.3 Å². The molecular weight excluding hydrogens is 300 g/mol. The standard InChI is InChI=1S/C16H20N2O3S/c1-12-6-4-7-13(2)16(12)21-11-14(3)18-22(19,20)15-8-5-9-17-10-15/h4-10,14,18H,11H2,1-3H3. The molecule has 1 aromatic carbocycles. The van der Waals surface area contributed by atoms with E-state index in [1.807, 2.05) is 32.0 Å². The normalized spacial score (nSPS) is 12.9. The van der Waals surface area contributed by atoms with Crippen LogP contribution in [0, 0.1) is 13.8 Å². The number of benzene rings is 1. The predicted octanol–water partition coefficient (Wildman–Crippen LogP) is 2.44. The number of hydrogen-bond acceptors (Lipinski definition) is 4. The summed E-state index contributed by atoms with van der Waals surface area (Å²) in [5, 5.41) is 0. The van der Waals surface area contributed by atoms with E-state index in [-0.39, 0.29) is 17.5 Å². The number of rotatable bonds is 6. The van der Waals surface area contributed by atoms with Crippen molar-refractivity contribution in [3.63, 3.8) is 0 Å². The van der Waals surface area contributed by atoms with Gasteiger partial charge in [-0.1, -0.05) is 18.2 Å². The highest BCUT2D eigenvalue weighted by atomic mass is 32.2. The zero-order valence-electron chi connectivity index (χ0n) is 12.9. The van der Waals surface area contributed by atoms with E-state index in [4.69, 9.17) is 4.74 Å². The first-order valence-electron chi connectivity index (χ1n) is 7.01. The number of aryl methyl sites for hydroxylation is 2. The molecule has 1 heterocycles. The van der Waals surface area contributed by atoms with Crippen molar-refractivity contribution in [1.29, 1.82) is 0 Å². The molecule has 2 aromatic rings. The lowest BCUT2D eigenvalue weighted by atomic mass is 10.1. The van der Waals surface area contributed by atoms with Gasteiger partial charge in [-0.2, -0.15) is 0 Å². The van der Waals surface area contributed by atoms with Gasteiger partial charge in [0.05, 0.1) is 6.04 Å². The first-order valence-corrected chi connectivity index (χ1v) is 8.50. The summed E-state index contributed by atoms with van der Waals surface area (Å²) in [6.45, 7) is 5.95. The first-order chi connectivity index (χ1) is 10.4. The van der Waals surface area contributed by atoms with E-state index < -0.39 is 10.0 Å². The lowest BCUT2D eigenvalue weighted by Crippen LogP contribution is -2.36. The summed E-state index contributed by atoms with van der Waals surface area (Å²) in [7, 11) is -3.58. The molecule has 0 spiro atoms. The predicted molar refractivity (Wildman–Crippen MR) is 85.4 cm³/mol. The zero-order valence-corrected chi connectivity index (χ0v) is 13.7. The van der Waals surface area contributed by atoms with Crippen molar-refractivity contribution < 1.29 is 13.2 Å². The number of para-hydroxylation sites is 1. The zero-order chi connectivity index (χ0) is 16.2. The fourth-order valence-corrected chi connectivity index (χ4v) is 3.30. The third-order valence-corrected chi connectivity index (χ3v) is 4.76. The van der Waals surface area contributed by atoms with Crippen LogP contribution in [0.4, 0.5) is 0 Å². The summed E-state index contributed by atoms with van der Waals surface area (Å²) in [5.74, 6) is 0.801. The minimum Gasteiger partial charge on any atom is -0.491 e. The van der Waals surface area contributed by atoms with Gasteiger partial charge in [0.15, 0.2) is 0 Å². The quantitative estimate of drug-likeness (QED) is 0.887. The fourth-order valence-electron chi connectivity index (χ4n) is 2.11. The van der Waals surface area contributed by atoms with Crippen molar-refractivity contribution in [3.05, 3.63) is 53.9 Å². The van der Waals surface area contributed by atoms with Crippen LogP contribution in [-0.4, -0.2) is 26.1 Å². The Bertz CT molecular complexity index is 710. The molecule has 1 atom stereocenters. The SMILES string of the molecule is Cc1cccc(C)c1OCC(C)NS(=O)(=O)c1cccnc1. The Labute approximate surface area is 131 Å². The highest BCUT2D eigenvalue weighted by Gasteiger charge is 2.18. The van der Waals surface area contributed by atoms with E-state index in [1.54, 1.807) is 13.0 Å². The van der Waals surface area contributed by atoms with E-state index in [1.165, 1.54) is 18.5 Å². The maximum atomic E-state index is 12.2. The van der Waals surface area contributed by atoms with Crippen LogP contribution in [0.1, 0.15) is 18.1 Å². The second-order valence-corrected chi connectivity index (χ2v) is 6.96. The minimum absolute atomic E-state index is 0.147. The van der Waals surface area contributed by atoms with Crippen LogP contribution < -0.4 is 9.46 Å². The first kappa shape index (κ1) is 16.5. The number of sulfonamides is 1. The van der Waals surface area contributed by atoms with Crippen LogP contribution in [0.15, 0.2) is 47.6 Å². The van der Waals surface area contributed by atoms with Crippen molar-refractivity contribution in [3.8, 4) is 5.75 Å². The van der Waals surface area contributed by atoms with Crippen molar-refractivity contribution >= 4 is 10.0 Å². The molecule has 0 amide bonds. The third-order valence-electron chi connectivity index (χ3n) is 3.19. The van der Waals surface area contributed by atoms with Crippen LogP contribution in [0.2, 0.25) is 0 Å². The van der Waals surface area contributed by atoms with Gasteiger partial charge >= 0.3 is 0 Å². The van der Waals surface area contributed by atoms with Gasteiger partial charge in [0.2, 0.25) is 10.0 Å². The van der Waals surface area contributed by atoms with Gasteiger partial charge in [-0.15, -0.1) is 0 Å². The number of aromatic nitrogens is 1. The molecule has 0 aliphatic rings.